The van der Waals surface area contributed by atoms with Gasteiger partial charge in [0.05, 0.1) is 12.1 Å². The largest absolute Gasteiger partial charge is 0.481 e. The minimum absolute atomic E-state index is 0.0914. The summed E-state index contributed by atoms with van der Waals surface area (Å²) in [5.41, 5.74) is 0.484. The highest BCUT2D eigenvalue weighted by Gasteiger charge is 2.31. The highest BCUT2D eigenvalue weighted by atomic mass is 16.4. The van der Waals surface area contributed by atoms with Gasteiger partial charge in [-0.25, -0.2) is 0 Å². The topological polar surface area (TPSA) is 89.2 Å². The number of carboxylic acids is 1. The van der Waals surface area contributed by atoms with Crippen molar-refractivity contribution in [3.8, 4) is 5.82 Å². The molecular formula is C15H18N4O3. The molecule has 1 aliphatic carbocycles. The molecule has 2 N–H and O–H groups in total. The SMILES string of the molecule is Cn1ncc(C(=O)N[C@@H]2CC[C@H](C(=O)O)C2)c1-n1cccc1. The van der Waals surface area contributed by atoms with Crippen molar-refractivity contribution < 1.29 is 14.7 Å². The smallest absolute Gasteiger partial charge is 0.306 e. The summed E-state index contributed by atoms with van der Waals surface area (Å²) in [6, 6.07) is 3.66. The molecule has 2 aromatic rings. The number of rotatable bonds is 4. The minimum atomic E-state index is -0.786. The predicted molar refractivity (Wildman–Crippen MR) is 78.8 cm³/mol. The molecule has 7 heteroatoms. The molecule has 2 atom stereocenters. The van der Waals surface area contributed by atoms with Crippen LogP contribution in [0.2, 0.25) is 0 Å². The number of nitrogens with one attached hydrogen (secondary N) is 1. The van der Waals surface area contributed by atoms with Crippen LogP contribution in [-0.2, 0) is 11.8 Å². The molecule has 1 aliphatic rings. The molecule has 0 saturated heterocycles. The Bertz CT molecular complexity index is 690. The van der Waals surface area contributed by atoms with Crippen LogP contribution in [0.4, 0.5) is 0 Å². The number of amides is 1. The van der Waals surface area contributed by atoms with Gasteiger partial charge < -0.3 is 15.0 Å². The number of carbonyl (C=O) groups is 2. The van der Waals surface area contributed by atoms with Gasteiger partial charge in [-0.05, 0) is 31.4 Å². The van der Waals surface area contributed by atoms with Crippen molar-refractivity contribution in [3.05, 3.63) is 36.3 Å². The van der Waals surface area contributed by atoms with Crippen molar-refractivity contribution >= 4 is 11.9 Å². The number of aliphatic carboxylic acids is 1. The number of carbonyl (C=O) groups excluding carboxylic acids is 1. The van der Waals surface area contributed by atoms with Crippen molar-refractivity contribution in [1.29, 1.82) is 0 Å². The molecular weight excluding hydrogens is 284 g/mol. The summed E-state index contributed by atoms with van der Waals surface area (Å²) < 4.78 is 3.47. The lowest BCUT2D eigenvalue weighted by atomic mass is 10.1. The number of hydrogen-bond acceptors (Lipinski definition) is 3. The fourth-order valence-electron chi connectivity index (χ4n) is 2.97. The fourth-order valence-corrected chi connectivity index (χ4v) is 2.97. The van der Waals surface area contributed by atoms with Gasteiger partial charge in [0, 0.05) is 25.5 Å². The Balaban J connectivity index is 1.75. The van der Waals surface area contributed by atoms with Gasteiger partial charge in [0.25, 0.3) is 5.91 Å². The maximum atomic E-state index is 12.5. The zero-order valence-electron chi connectivity index (χ0n) is 12.3. The molecule has 2 aromatic heterocycles. The first-order valence-corrected chi connectivity index (χ1v) is 7.25. The Morgan fingerprint density at radius 1 is 1.32 bits per heavy atom. The lowest BCUT2D eigenvalue weighted by Crippen LogP contribution is -2.33. The standard InChI is InChI=1S/C15H18N4O3/c1-18-14(19-6-2-3-7-19)12(9-16-18)13(20)17-11-5-4-10(8-11)15(21)22/h2-3,6-7,9-11H,4-5,8H2,1H3,(H,17,20)(H,21,22)/t10-,11+/m0/s1. The average molecular weight is 302 g/mol. The molecule has 0 radical (unpaired) electrons. The van der Waals surface area contributed by atoms with Gasteiger partial charge in [-0.1, -0.05) is 0 Å². The van der Waals surface area contributed by atoms with Gasteiger partial charge >= 0.3 is 5.97 Å². The molecule has 1 fully saturated rings. The fraction of sp³-hybridized carbons (Fsp3) is 0.400. The number of carboxylic acid groups (broad SMARTS) is 1. The van der Waals surface area contributed by atoms with Gasteiger partial charge in [0.2, 0.25) is 0 Å². The van der Waals surface area contributed by atoms with E-state index in [0.717, 1.165) is 0 Å². The van der Waals surface area contributed by atoms with Gasteiger partial charge in [-0.2, -0.15) is 5.10 Å². The third-order valence-electron chi connectivity index (χ3n) is 4.12. The van der Waals surface area contributed by atoms with Crippen molar-refractivity contribution in [2.45, 2.75) is 25.3 Å². The van der Waals surface area contributed by atoms with E-state index in [0.29, 0.717) is 30.6 Å². The van der Waals surface area contributed by atoms with Crippen molar-refractivity contribution in [2.24, 2.45) is 13.0 Å². The van der Waals surface area contributed by atoms with Crippen LogP contribution in [0.1, 0.15) is 29.6 Å². The van der Waals surface area contributed by atoms with Crippen LogP contribution in [0, 0.1) is 5.92 Å². The van der Waals surface area contributed by atoms with Gasteiger partial charge in [0.15, 0.2) is 0 Å². The molecule has 0 bridgehead atoms. The van der Waals surface area contributed by atoms with Crippen LogP contribution < -0.4 is 5.32 Å². The number of hydrogen-bond donors (Lipinski definition) is 2. The van der Waals surface area contributed by atoms with E-state index in [1.54, 1.807) is 11.7 Å². The monoisotopic (exact) mass is 302 g/mol. The Morgan fingerprint density at radius 3 is 2.68 bits per heavy atom. The number of aryl methyl sites for hydroxylation is 1. The van der Waals surface area contributed by atoms with E-state index in [1.807, 2.05) is 29.1 Å². The second kappa shape index (κ2) is 5.67. The van der Waals surface area contributed by atoms with Crippen LogP contribution in [0.3, 0.4) is 0 Å². The molecule has 1 amide bonds. The Morgan fingerprint density at radius 2 is 2.05 bits per heavy atom. The highest BCUT2D eigenvalue weighted by molar-refractivity contribution is 5.97. The summed E-state index contributed by atoms with van der Waals surface area (Å²) in [6.45, 7) is 0. The molecule has 1 saturated carbocycles. The maximum Gasteiger partial charge on any atom is 0.306 e. The lowest BCUT2D eigenvalue weighted by Gasteiger charge is -2.13. The minimum Gasteiger partial charge on any atom is -0.481 e. The second-order valence-corrected chi connectivity index (χ2v) is 5.61. The van der Waals surface area contributed by atoms with Crippen molar-refractivity contribution in [2.75, 3.05) is 0 Å². The van der Waals surface area contributed by atoms with E-state index in [4.69, 9.17) is 5.11 Å². The normalized spacial score (nSPS) is 21.0. The van der Waals surface area contributed by atoms with Crippen LogP contribution in [0.25, 0.3) is 5.82 Å². The van der Waals surface area contributed by atoms with E-state index < -0.39 is 5.97 Å². The molecule has 0 aliphatic heterocycles. The zero-order valence-corrected chi connectivity index (χ0v) is 12.3. The van der Waals surface area contributed by atoms with Gasteiger partial charge in [0.1, 0.15) is 11.4 Å². The quantitative estimate of drug-likeness (QED) is 0.888. The first-order valence-electron chi connectivity index (χ1n) is 7.25. The summed E-state index contributed by atoms with van der Waals surface area (Å²) >= 11 is 0. The Hall–Kier alpha value is -2.57. The van der Waals surface area contributed by atoms with Crippen LogP contribution in [0.5, 0.6) is 0 Å². The molecule has 0 aromatic carbocycles. The van der Waals surface area contributed by atoms with E-state index in [1.165, 1.54) is 6.20 Å². The highest BCUT2D eigenvalue weighted by Crippen LogP contribution is 2.26. The Kier molecular flexibility index (Phi) is 3.70. The Labute approximate surface area is 127 Å². The summed E-state index contributed by atoms with van der Waals surface area (Å²) in [4.78, 5) is 23.5. The molecule has 0 unspecified atom stereocenters. The summed E-state index contributed by atoms with van der Waals surface area (Å²) in [5, 5.41) is 16.1. The van der Waals surface area contributed by atoms with Gasteiger partial charge in [-0.3, -0.25) is 14.3 Å². The lowest BCUT2D eigenvalue weighted by molar-refractivity contribution is -0.141. The zero-order chi connectivity index (χ0) is 15.7. The summed E-state index contributed by atoms with van der Waals surface area (Å²) in [6.07, 6.45) is 7.03. The third kappa shape index (κ3) is 2.61. The second-order valence-electron chi connectivity index (χ2n) is 5.61. The summed E-state index contributed by atoms with van der Waals surface area (Å²) in [5.74, 6) is -0.669. The first kappa shape index (κ1) is 14.4. The molecule has 7 nitrogen and oxygen atoms in total. The van der Waals surface area contributed by atoms with E-state index in [9.17, 15) is 9.59 Å². The molecule has 3 rings (SSSR count). The number of aromatic nitrogens is 3. The van der Waals surface area contributed by atoms with Crippen LogP contribution in [-0.4, -0.2) is 37.4 Å². The third-order valence-corrected chi connectivity index (χ3v) is 4.12. The molecule has 22 heavy (non-hydrogen) atoms. The molecule has 0 spiro atoms. The average Bonchev–Trinajstić information content (AvgIpc) is 3.17. The van der Waals surface area contributed by atoms with E-state index >= 15 is 0 Å². The van der Waals surface area contributed by atoms with E-state index in [-0.39, 0.29) is 17.9 Å². The van der Waals surface area contributed by atoms with Crippen LogP contribution >= 0.6 is 0 Å². The predicted octanol–water partition coefficient (Wildman–Crippen LogP) is 1.19. The maximum absolute atomic E-state index is 12.5. The molecule has 2 heterocycles. The molecule has 116 valence electrons. The van der Waals surface area contributed by atoms with E-state index in [2.05, 4.69) is 10.4 Å². The summed E-state index contributed by atoms with van der Waals surface area (Å²) in [7, 11) is 1.78. The first-order chi connectivity index (χ1) is 10.6. The number of nitrogens with zero attached hydrogens (tertiary/aromatic N) is 3. The van der Waals surface area contributed by atoms with Crippen LogP contribution in [0.15, 0.2) is 30.7 Å². The van der Waals surface area contributed by atoms with Crippen molar-refractivity contribution in [3.63, 3.8) is 0 Å². The van der Waals surface area contributed by atoms with Crippen molar-refractivity contribution in [1.82, 2.24) is 19.7 Å². The van der Waals surface area contributed by atoms with Gasteiger partial charge in [-0.15, -0.1) is 0 Å².